The zero-order valence-electron chi connectivity index (χ0n) is 9.62. The molecule has 3 rings (SSSR count). The molecule has 0 aliphatic rings. The molecular formula is C12H8BrN5S. The lowest BCUT2D eigenvalue weighted by atomic mass is 10.3. The van der Waals surface area contributed by atoms with Crippen LogP contribution < -0.4 is 5.73 Å². The van der Waals surface area contributed by atoms with Crippen LogP contribution in [0.4, 0.5) is 0 Å². The summed E-state index contributed by atoms with van der Waals surface area (Å²) in [5.74, 6) is 0.534. The maximum atomic E-state index is 5.67. The number of rotatable bonds is 2. The molecule has 0 radical (unpaired) electrons. The molecule has 0 amide bonds. The molecular weight excluding hydrogens is 326 g/mol. The van der Waals surface area contributed by atoms with Gasteiger partial charge in [0.25, 0.3) is 0 Å². The van der Waals surface area contributed by atoms with E-state index in [2.05, 4.69) is 30.9 Å². The average molecular weight is 334 g/mol. The summed E-state index contributed by atoms with van der Waals surface area (Å²) in [6, 6.07) is 3.76. The average Bonchev–Trinajstić information content (AvgIpc) is 2.86. The Kier molecular flexibility index (Phi) is 3.00. The van der Waals surface area contributed by atoms with E-state index in [0.29, 0.717) is 5.82 Å². The molecule has 0 spiro atoms. The van der Waals surface area contributed by atoms with Crippen LogP contribution in [0.5, 0.6) is 0 Å². The molecule has 7 heteroatoms. The number of imidazole rings is 1. The molecule has 0 aromatic carbocycles. The van der Waals surface area contributed by atoms with Gasteiger partial charge in [-0.25, -0.2) is 4.98 Å². The van der Waals surface area contributed by atoms with Crippen LogP contribution in [0, 0.1) is 0 Å². The molecule has 0 fully saturated rings. The Morgan fingerprint density at radius 2 is 2.11 bits per heavy atom. The number of nitrogens with two attached hydrogens (primary N) is 1. The van der Waals surface area contributed by atoms with E-state index >= 15 is 0 Å². The van der Waals surface area contributed by atoms with Crippen LogP contribution in [-0.2, 0) is 0 Å². The normalized spacial score (nSPS) is 10.8. The zero-order valence-corrected chi connectivity index (χ0v) is 12.0. The fourth-order valence-electron chi connectivity index (χ4n) is 1.87. The Bertz CT molecular complexity index is 783. The summed E-state index contributed by atoms with van der Waals surface area (Å²) in [6.07, 6.45) is 6.90. The van der Waals surface area contributed by atoms with Gasteiger partial charge in [-0.15, -0.1) is 0 Å². The maximum Gasteiger partial charge on any atom is 0.172 e. The molecule has 94 valence electrons. The second kappa shape index (κ2) is 4.67. The summed E-state index contributed by atoms with van der Waals surface area (Å²) in [5.41, 5.74) is 8.07. The van der Waals surface area contributed by atoms with Crippen molar-refractivity contribution in [3.63, 3.8) is 0 Å². The fraction of sp³-hybridized carbons (Fsp3) is 0. The van der Waals surface area contributed by atoms with Crippen molar-refractivity contribution in [3.8, 4) is 5.69 Å². The van der Waals surface area contributed by atoms with Crippen LogP contribution in [0.2, 0.25) is 0 Å². The molecule has 0 bridgehead atoms. The second-order valence-electron chi connectivity index (χ2n) is 3.84. The van der Waals surface area contributed by atoms with E-state index in [1.807, 2.05) is 16.7 Å². The van der Waals surface area contributed by atoms with Gasteiger partial charge in [-0.2, -0.15) is 0 Å². The van der Waals surface area contributed by atoms with Crippen molar-refractivity contribution >= 4 is 44.2 Å². The Labute approximate surface area is 122 Å². The molecule has 0 saturated carbocycles. The minimum atomic E-state index is 0.243. The van der Waals surface area contributed by atoms with Crippen molar-refractivity contribution in [2.45, 2.75) is 0 Å². The third-order valence-electron chi connectivity index (χ3n) is 2.64. The summed E-state index contributed by atoms with van der Waals surface area (Å²) in [4.78, 5) is 13.1. The van der Waals surface area contributed by atoms with Crippen LogP contribution in [-0.4, -0.2) is 24.5 Å². The summed E-state index contributed by atoms with van der Waals surface area (Å²) in [5, 5.41) is 0. The van der Waals surface area contributed by atoms with Crippen LogP contribution in [0.25, 0.3) is 16.7 Å². The van der Waals surface area contributed by atoms with Crippen molar-refractivity contribution < 1.29 is 0 Å². The summed E-state index contributed by atoms with van der Waals surface area (Å²) >= 11 is 8.38. The van der Waals surface area contributed by atoms with Gasteiger partial charge < -0.3 is 5.73 Å². The monoisotopic (exact) mass is 333 g/mol. The number of thiocarbonyl (C=S) groups is 1. The molecule has 0 aliphatic heterocycles. The third kappa shape index (κ3) is 2.11. The lowest BCUT2D eigenvalue weighted by Crippen LogP contribution is -2.16. The molecule has 0 aliphatic carbocycles. The van der Waals surface area contributed by atoms with Crippen LogP contribution >= 0.6 is 28.1 Å². The minimum Gasteiger partial charge on any atom is -0.387 e. The fourth-order valence-corrected chi connectivity index (χ4v) is 2.34. The Hall–Kier alpha value is -1.86. The highest BCUT2D eigenvalue weighted by Gasteiger charge is 2.11. The van der Waals surface area contributed by atoms with Crippen LogP contribution in [0.3, 0.4) is 0 Å². The van der Waals surface area contributed by atoms with Gasteiger partial charge in [0.2, 0.25) is 0 Å². The summed E-state index contributed by atoms with van der Waals surface area (Å²) in [7, 11) is 0. The molecule has 0 unspecified atom stereocenters. The lowest BCUT2D eigenvalue weighted by Gasteiger charge is -2.09. The van der Waals surface area contributed by atoms with E-state index in [1.165, 1.54) is 0 Å². The largest absolute Gasteiger partial charge is 0.387 e. The number of hydrogen-bond acceptors (Lipinski definition) is 4. The van der Waals surface area contributed by atoms with E-state index < -0.39 is 0 Å². The Morgan fingerprint density at radius 1 is 1.26 bits per heavy atom. The highest BCUT2D eigenvalue weighted by atomic mass is 79.9. The SMILES string of the molecule is NC(=S)c1nccn1-c1ccnc2cc(Br)cnc12. The second-order valence-corrected chi connectivity index (χ2v) is 5.19. The lowest BCUT2D eigenvalue weighted by molar-refractivity contribution is 1.03. The molecule has 2 N–H and O–H groups in total. The van der Waals surface area contributed by atoms with E-state index in [1.54, 1.807) is 24.8 Å². The zero-order chi connectivity index (χ0) is 13.4. The molecule has 0 saturated heterocycles. The van der Waals surface area contributed by atoms with E-state index in [9.17, 15) is 0 Å². The number of fused-ring (bicyclic) bond motifs is 1. The first-order valence-electron chi connectivity index (χ1n) is 5.40. The van der Waals surface area contributed by atoms with Crippen molar-refractivity contribution in [2.75, 3.05) is 0 Å². The van der Waals surface area contributed by atoms with Crippen LogP contribution in [0.1, 0.15) is 5.82 Å². The summed E-state index contributed by atoms with van der Waals surface area (Å²) in [6.45, 7) is 0. The first-order valence-corrected chi connectivity index (χ1v) is 6.61. The first-order chi connectivity index (χ1) is 9.16. The molecule has 19 heavy (non-hydrogen) atoms. The Balaban J connectivity index is 2.31. The molecule has 3 aromatic rings. The van der Waals surface area contributed by atoms with Crippen LogP contribution in [0.15, 0.2) is 41.4 Å². The quantitative estimate of drug-likeness (QED) is 0.728. The molecule has 3 aromatic heterocycles. The van der Waals surface area contributed by atoms with Gasteiger partial charge in [-0.1, -0.05) is 12.2 Å². The predicted molar refractivity (Wildman–Crippen MR) is 80.2 cm³/mol. The number of pyridine rings is 2. The molecule has 5 nitrogen and oxygen atoms in total. The van der Waals surface area contributed by atoms with Gasteiger partial charge in [0.1, 0.15) is 10.5 Å². The van der Waals surface area contributed by atoms with Gasteiger partial charge in [-0.05, 0) is 28.1 Å². The topological polar surface area (TPSA) is 69.6 Å². The number of hydrogen-bond donors (Lipinski definition) is 1. The maximum absolute atomic E-state index is 5.67. The highest BCUT2D eigenvalue weighted by molar-refractivity contribution is 9.10. The standard InChI is InChI=1S/C12H8BrN5S/c13-7-5-8-10(17-6-7)9(1-2-15-8)18-4-3-16-12(18)11(14)19/h1-6H,(H2,14,19). The summed E-state index contributed by atoms with van der Waals surface area (Å²) < 4.78 is 2.69. The van der Waals surface area contributed by atoms with Gasteiger partial charge >= 0.3 is 0 Å². The van der Waals surface area contributed by atoms with Crippen molar-refractivity contribution in [2.24, 2.45) is 5.73 Å². The van der Waals surface area contributed by atoms with Gasteiger partial charge in [-0.3, -0.25) is 14.5 Å². The third-order valence-corrected chi connectivity index (χ3v) is 3.26. The van der Waals surface area contributed by atoms with Gasteiger partial charge in [0.15, 0.2) is 5.82 Å². The van der Waals surface area contributed by atoms with E-state index in [-0.39, 0.29) is 4.99 Å². The number of nitrogens with zero attached hydrogens (tertiary/aromatic N) is 4. The van der Waals surface area contributed by atoms with Crippen molar-refractivity contribution in [1.82, 2.24) is 19.5 Å². The Morgan fingerprint density at radius 3 is 2.89 bits per heavy atom. The number of halogens is 1. The van der Waals surface area contributed by atoms with Crippen molar-refractivity contribution in [1.29, 1.82) is 0 Å². The molecule has 3 heterocycles. The van der Waals surface area contributed by atoms with E-state index in [0.717, 1.165) is 21.2 Å². The number of aromatic nitrogens is 4. The first kappa shape index (κ1) is 12.2. The highest BCUT2D eigenvalue weighted by Crippen LogP contribution is 2.22. The smallest absolute Gasteiger partial charge is 0.172 e. The predicted octanol–water partition coefficient (Wildman–Crippen LogP) is 2.21. The minimum absolute atomic E-state index is 0.243. The van der Waals surface area contributed by atoms with Gasteiger partial charge in [0, 0.05) is 29.3 Å². The van der Waals surface area contributed by atoms with Gasteiger partial charge in [0.05, 0.1) is 11.2 Å². The van der Waals surface area contributed by atoms with E-state index in [4.69, 9.17) is 18.0 Å². The molecule has 0 atom stereocenters. The van der Waals surface area contributed by atoms with Crippen molar-refractivity contribution in [3.05, 3.63) is 47.2 Å².